The lowest BCUT2D eigenvalue weighted by atomic mass is 9.95. The molecule has 0 bridgehead atoms. The maximum absolute atomic E-state index is 12.3. The van der Waals surface area contributed by atoms with Gasteiger partial charge in [0.2, 0.25) is 0 Å². The van der Waals surface area contributed by atoms with Gasteiger partial charge >= 0.3 is 6.36 Å². The van der Waals surface area contributed by atoms with E-state index in [-0.39, 0.29) is 11.8 Å². The number of piperazine rings is 1. The Morgan fingerprint density at radius 3 is 2.22 bits per heavy atom. The van der Waals surface area contributed by atoms with E-state index >= 15 is 0 Å². The van der Waals surface area contributed by atoms with Gasteiger partial charge in [0, 0.05) is 32.2 Å². The first kappa shape index (κ1) is 18.1. The van der Waals surface area contributed by atoms with Crippen LogP contribution in [0.4, 0.5) is 13.2 Å². The topological polar surface area (TPSA) is 24.5 Å². The van der Waals surface area contributed by atoms with Crippen LogP contribution in [0.2, 0.25) is 0 Å². The van der Waals surface area contributed by atoms with Gasteiger partial charge in [-0.25, -0.2) is 0 Å². The molecule has 130 valence electrons. The van der Waals surface area contributed by atoms with E-state index in [1.54, 1.807) is 12.1 Å². The third-order valence-corrected chi connectivity index (χ3v) is 4.11. The minimum absolute atomic E-state index is 0.163. The predicted octanol–water partition coefficient (Wildman–Crippen LogP) is 3.97. The van der Waals surface area contributed by atoms with Crippen LogP contribution in [0.3, 0.4) is 0 Å². The van der Waals surface area contributed by atoms with Crippen molar-refractivity contribution < 1.29 is 17.9 Å². The molecule has 1 aromatic carbocycles. The third kappa shape index (κ3) is 6.03. The molecule has 2 rings (SSSR count). The van der Waals surface area contributed by atoms with Crippen molar-refractivity contribution in [2.75, 3.05) is 26.2 Å². The first-order valence-corrected chi connectivity index (χ1v) is 8.15. The minimum atomic E-state index is -4.64. The molecule has 1 aliphatic rings. The highest BCUT2D eigenvalue weighted by molar-refractivity contribution is 5.29. The Morgan fingerprint density at radius 1 is 1.09 bits per heavy atom. The largest absolute Gasteiger partial charge is 0.573 e. The average molecular weight is 330 g/mol. The number of nitrogens with one attached hydrogen (secondary N) is 1. The second kappa shape index (κ2) is 8.02. The standard InChI is InChI=1S/C17H25F3N2O/c1-13(2)3-8-16(22-11-9-21-10-12-22)14-4-6-15(7-5-14)23-17(18,19)20/h4-7,13,16,21H,3,8-12H2,1-2H3/t16-/m0/s1. The summed E-state index contributed by atoms with van der Waals surface area (Å²) in [6.45, 7) is 8.21. The summed E-state index contributed by atoms with van der Waals surface area (Å²) in [6.07, 6.45) is -2.54. The van der Waals surface area contributed by atoms with Crippen LogP contribution in [-0.2, 0) is 0 Å². The highest BCUT2D eigenvalue weighted by atomic mass is 19.4. The van der Waals surface area contributed by atoms with Gasteiger partial charge in [0.15, 0.2) is 0 Å². The maximum atomic E-state index is 12.3. The van der Waals surface area contributed by atoms with Crippen molar-refractivity contribution in [2.45, 2.75) is 39.1 Å². The van der Waals surface area contributed by atoms with E-state index in [2.05, 4.69) is 28.8 Å². The van der Waals surface area contributed by atoms with E-state index in [1.807, 2.05) is 0 Å². The first-order valence-electron chi connectivity index (χ1n) is 8.15. The van der Waals surface area contributed by atoms with Gasteiger partial charge in [-0.1, -0.05) is 26.0 Å². The summed E-state index contributed by atoms with van der Waals surface area (Å²) in [5, 5.41) is 3.33. The van der Waals surface area contributed by atoms with Gasteiger partial charge < -0.3 is 10.1 Å². The molecule has 1 aliphatic heterocycles. The fourth-order valence-electron chi connectivity index (χ4n) is 2.94. The Kier molecular flexibility index (Phi) is 6.30. The molecule has 0 aliphatic carbocycles. The lowest BCUT2D eigenvalue weighted by molar-refractivity contribution is -0.274. The molecule has 1 heterocycles. The molecule has 1 aromatic rings. The number of hydrogen-bond donors (Lipinski definition) is 1. The summed E-state index contributed by atoms with van der Waals surface area (Å²) in [6, 6.07) is 6.59. The molecule has 1 saturated heterocycles. The molecular weight excluding hydrogens is 305 g/mol. The molecule has 1 N–H and O–H groups in total. The van der Waals surface area contributed by atoms with Crippen LogP contribution in [0.5, 0.6) is 5.75 Å². The highest BCUT2D eigenvalue weighted by Crippen LogP contribution is 2.30. The zero-order chi connectivity index (χ0) is 16.9. The quantitative estimate of drug-likeness (QED) is 0.854. The number of alkyl halides is 3. The SMILES string of the molecule is CC(C)CC[C@@H](c1ccc(OC(F)(F)F)cc1)N1CCNCC1. The highest BCUT2D eigenvalue weighted by Gasteiger charge is 2.31. The summed E-state index contributed by atoms with van der Waals surface area (Å²) in [4.78, 5) is 2.42. The van der Waals surface area contributed by atoms with Crippen LogP contribution >= 0.6 is 0 Å². The molecule has 23 heavy (non-hydrogen) atoms. The van der Waals surface area contributed by atoms with Gasteiger partial charge in [-0.3, -0.25) is 4.90 Å². The van der Waals surface area contributed by atoms with Gasteiger partial charge in [0.05, 0.1) is 0 Å². The van der Waals surface area contributed by atoms with Crippen molar-refractivity contribution in [3.05, 3.63) is 29.8 Å². The van der Waals surface area contributed by atoms with Crippen molar-refractivity contribution in [3.63, 3.8) is 0 Å². The van der Waals surface area contributed by atoms with E-state index in [1.165, 1.54) is 12.1 Å². The van der Waals surface area contributed by atoms with E-state index in [0.29, 0.717) is 5.92 Å². The predicted molar refractivity (Wildman–Crippen MR) is 84.4 cm³/mol. The van der Waals surface area contributed by atoms with Crippen molar-refractivity contribution in [2.24, 2.45) is 5.92 Å². The molecule has 6 heteroatoms. The summed E-state index contributed by atoms with van der Waals surface area (Å²) >= 11 is 0. The number of halogens is 3. The van der Waals surface area contributed by atoms with Crippen LogP contribution in [0.15, 0.2) is 24.3 Å². The van der Waals surface area contributed by atoms with Crippen LogP contribution in [0, 0.1) is 5.92 Å². The Morgan fingerprint density at radius 2 is 1.70 bits per heavy atom. The molecule has 1 fully saturated rings. The summed E-state index contributed by atoms with van der Waals surface area (Å²) in [5.41, 5.74) is 1.06. The van der Waals surface area contributed by atoms with E-state index < -0.39 is 6.36 Å². The molecule has 0 amide bonds. The van der Waals surface area contributed by atoms with E-state index in [9.17, 15) is 13.2 Å². The van der Waals surface area contributed by atoms with E-state index in [0.717, 1.165) is 44.6 Å². The van der Waals surface area contributed by atoms with Crippen molar-refractivity contribution in [3.8, 4) is 5.75 Å². The molecule has 0 saturated carbocycles. The zero-order valence-corrected chi connectivity index (χ0v) is 13.7. The summed E-state index contributed by atoms with van der Waals surface area (Å²) in [5.74, 6) is 0.442. The molecule has 3 nitrogen and oxygen atoms in total. The number of ether oxygens (including phenoxy) is 1. The lowest BCUT2D eigenvalue weighted by Crippen LogP contribution is -2.45. The van der Waals surface area contributed by atoms with Gasteiger partial charge in [-0.05, 0) is 36.5 Å². The smallest absolute Gasteiger partial charge is 0.406 e. The van der Waals surface area contributed by atoms with Gasteiger partial charge in [0.25, 0.3) is 0 Å². The second-order valence-electron chi connectivity index (χ2n) is 6.39. The van der Waals surface area contributed by atoms with Crippen molar-refractivity contribution >= 4 is 0 Å². The number of nitrogens with zero attached hydrogens (tertiary/aromatic N) is 1. The number of benzene rings is 1. The minimum Gasteiger partial charge on any atom is -0.406 e. The Bertz CT molecular complexity index is 468. The molecule has 0 spiro atoms. The summed E-state index contributed by atoms with van der Waals surface area (Å²) in [7, 11) is 0. The molecule has 0 radical (unpaired) electrons. The first-order chi connectivity index (χ1) is 10.8. The van der Waals surface area contributed by atoms with Crippen LogP contribution in [0.25, 0.3) is 0 Å². The number of rotatable bonds is 6. The normalized spacial score (nSPS) is 18.2. The molecule has 0 unspecified atom stereocenters. The van der Waals surface area contributed by atoms with Crippen LogP contribution in [0.1, 0.15) is 38.3 Å². The van der Waals surface area contributed by atoms with Crippen LogP contribution in [-0.4, -0.2) is 37.4 Å². The Labute approximate surface area is 135 Å². The van der Waals surface area contributed by atoms with E-state index in [4.69, 9.17) is 0 Å². The second-order valence-corrected chi connectivity index (χ2v) is 6.39. The van der Waals surface area contributed by atoms with Crippen molar-refractivity contribution in [1.82, 2.24) is 10.2 Å². The number of hydrogen-bond acceptors (Lipinski definition) is 3. The van der Waals surface area contributed by atoms with Crippen molar-refractivity contribution in [1.29, 1.82) is 0 Å². The van der Waals surface area contributed by atoms with Gasteiger partial charge in [0.1, 0.15) is 5.75 Å². The molecule has 0 aromatic heterocycles. The molecule has 1 atom stereocenters. The Balaban J connectivity index is 2.10. The fourth-order valence-corrected chi connectivity index (χ4v) is 2.94. The van der Waals surface area contributed by atoms with Gasteiger partial charge in [-0.2, -0.15) is 0 Å². The average Bonchev–Trinajstić information content (AvgIpc) is 2.48. The summed E-state index contributed by atoms with van der Waals surface area (Å²) < 4.78 is 40.7. The maximum Gasteiger partial charge on any atom is 0.573 e. The zero-order valence-electron chi connectivity index (χ0n) is 13.7. The van der Waals surface area contributed by atoms with Crippen LogP contribution < -0.4 is 10.1 Å². The third-order valence-electron chi connectivity index (χ3n) is 4.11. The lowest BCUT2D eigenvalue weighted by Gasteiger charge is -2.35. The Hall–Kier alpha value is -1.27. The van der Waals surface area contributed by atoms with Gasteiger partial charge in [-0.15, -0.1) is 13.2 Å². The fraction of sp³-hybridized carbons (Fsp3) is 0.647. The molecular formula is C17H25F3N2O. The monoisotopic (exact) mass is 330 g/mol.